The highest BCUT2D eigenvalue weighted by Gasteiger charge is 2.22. The van der Waals surface area contributed by atoms with Crippen molar-refractivity contribution in [2.24, 2.45) is 0 Å². The van der Waals surface area contributed by atoms with Gasteiger partial charge in [-0.25, -0.2) is 4.98 Å². The number of hydrogen-bond donors (Lipinski definition) is 1. The van der Waals surface area contributed by atoms with Gasteiger partial charge >= 0.3 is 0 Å². The highest BCUT2D eigenvalue weighted by Crippen LogP contribution is 2.23. The molecule has 0 saturated carbocycles. The van der Waals surface area contributed by atoms with E-state index in [0.717, 1.165) is 37.0 Å². The maximum Gasteiger partial charge on any atom is 0.255 e. The van der Waals surface area contributed by atoms with Crippen LogP contribution in [0.15, 0.2) is 42.6 Å². The molecule has 1 aliphatic heterocycles. The molecule has 0 unspecified atom stereocenters. The molecule has 0 atom stereocenters. The van der Waals surface area contributed by atoms with Crippen molar-refractivity contribution >= 4 is 29.0 Å². The molecule has 1 aromatic carbocycles. The summed E-state index contributed by atoms with van der Waals surface area (Å²) in [5, 5.41) is 3.60. The van der Waals surface area contributed by atoms with Gasteiger partial charge in [-0.05, 0) is 43.3 Å². The van der Waals surface area contributed by atoms with E-state index in [2.05, 4.69) is 20.1 Å². The number of carbonyl (C=O) groups is 1. The average Bonchev–Trinajstić information content (AvgIpc) is 2.63. The molecule has 6 heteroatoms. The lowest BCUT2D eigenvalue weighted by Gasteiger charge is -2.37. The van der Waals surface area contributed by atoms with Gasteiger partial charge in [0.15, 0.2) is 0 Å². The van der Waals surface area contributed by atoms with Gasteiger partial charge in [0.2, 0.25) is 0 Å². The van der Waals surface area contributed by atoms with E-state index in [9.17, 15) is 4.79 Å². The number of nitrogens with one attached hydrogen (secondary N) is 1. The lowest BCUT2D eigenvalue weighted by molar-refractivity contribution is 0.0956. The SMILES string of the molecule is CCNC(=O)c1cccnc1N1CCN(c2ccc(Cl)cc2)CC1. The first-order chi connectivity index (χ1) is 11.7. The van der Waals surface area contributed by atoms with Crippen molar-refractivity contribution in [1.82, 2.24) is 10.3 Å². The Bertz CT molecular complexity index is 696. The largest absolute Gasteiger partial charge is 0.368 e. The fourth-order valence-electron chi connectivity index (χ4n) is 2.91. The van der Waals surface area contributed by atoms with Crippen LogP contribution in [0.4, 0.5) is 11.5 Å². The van der Waals surface area contributed by atoms with Crippen molar-refractivity contribution in [2.45, 2.75) is 6.92 Å². The molecule has 1 saturated heterocycles. The minimum atomic E-state index is -0.0688. The Morgan fingerprint density at radius 3 is 2.46 bits per heavy atom. The smallest absolute Gasteiger partial charge is 0.255 e. The lowest BCUT2D eigenvalue weighted by Crippen LogP contribution is -2.47. The summed E-state index contributed by atoms with van der Waals surface area (Å²) in [4.78, 5) is 21.2. The molecule has 0 bridgehead atoms. The highest BCUT2D eigenvalue weighted by atomic mass is 35.5. The summed E-state index contributed by atoms with van der Waals surface area (Å²) in [7, 11) is 0. The molecular formula is C18H21ClN4O. The van der Waals surface area contributed by atoms with Gasteiger partial charge < -0.3 is 15.1 Å². The van der Waals surface area contributed by atoms with Gasteiger partial charge in [-0.1, -0.05) is 11.6 Å². The monoisotopic (exact) mass is 344 g/mol. The summed E-state index contributed by atoms with van der Waals surface area (Å²) < 4.78 is 0. The maximum absolute atomic E-state index is 12.2. The van der Waals surface area contributed by atoms with Crippen LogP contribution >= 0.6 is 11.6 Å². The summed E-state index contributed by atoms with van der Waals surface area (Å²) in [6.45, 7) is 5.94. The zero-order valence-corrected chi connectivity index (χ0v) is 14.5. The van der Waals surface area contributed by atoms with Crippen molar-refractivity contribution in [3.63, 3.8) is 0 Å². The van der Waals surface area contributed by atoms with Crippen LogP contribution in [0.2, 0.25) is 5.02 Å². The highest BCUT2D eigenvalue weighted by molar-refractivity contribution is 6.30. The predicted octanol–water partition coefficient (Wildman–Crippen LogP) is 2.81. The molecule has 1 aromatic heterocycles. The zero-order valence-electron chi connectivity index (χ0n) is 13.7. The van der Waals surface area contributed by atoms with Gasteiger partial charge in [-0.3, -0.25) is 4.79 Å². The van der Waals surface area contributed by atoms with Crippen molar-refractivity contribution in [3.05, 3.63) is 53.2 Å². The molecule has 1 amide bonds. The van der Waals surface area contributed by atoms with E-state index >= 15 is 0 Å². The Morgan fingerprint density at radius 1 is 1.12 bits per heavy atom. The quantitative estimate of drug-likeness (QED) is 0.926. The molecule has 2 aromatic rings. The molecule has 0 radical (unpaired) electrons. The second-order valence-corrected chi connectivity index (χ2v) is 6.12. The van der Waals surface area contributed by atoms with Gasteiger partial charge in [0.1, 0.15) is 5.82 Å². The third kappa shape index (κ3) is 3.62. The topological polar surface area (TPSA) is 48.5 Å². The first-order valence-corrected chi connectivity index (χ1v) is 8.55. The Kier molecular flexibility index (Phi) is 5.20. The minimum Gasteiger partial charge on any atom is -0.368 e. The van der Waals surface area contributed by atoms with Crippen LogP contribution in [-0.2, 0) is 0 Å². The lowest BCUT2D eigenvalue weighted by atomic mass is 10.2. The Hall–Kier alpha value is -2.27. The number of pyridine rings is 1. The Morgan fingerprint density at radius 2 is 1.79 bits per heavy atom. The molecule has 1 N–H and O–H groups in total. The fraction of sp³-hybridized carbons (Fsp3) is 0.333. The number of piperazine rings is 1. The normalized spacial score (nSPS) is 14.6. The van der Waals surface area contributed by atoms with Gasteiger partial charge in [-0.2, -0.15) is 0 Å². The van der Waals surface area contributed by atoms with Crippen LogP contribution in [0.3, 0.4) is 0 Å². The summed E-state index contributed by atoms with van der Waals surface area (Å²) in [6.07, 6.45) is 1.74. The minimum absolute atomic E-state index is 0.0688. The van der Waals surface area contributed by atoms with Crippen molar-refractivity contribution in [1.29, 1.82) is 0 Å². The predicted molar refractivity (Wildman–Crippen MR) is 98.1 cm³/mol. The van der Waals surface area contributed by atoms with E-state index in [1.165, 1.54) is 5.69 Å². The van der Waals surface area contributed by atoms with E-state index in [4.69, 9.17) is 11.6 Å². The summed E-state index contributed by atoms with van der Waals surface area (Å²) in [5.74, 6) is 0.694. The molecule has 3 rings (SSSR count). The third-order valence-electron chi connectivity index (χ3n) is 4.14. The second-order valence-electron chi connectivity index (χ2n) is 5.68. The molecule has 1 aliphatic rings. The van der Waals surface area contributed by atoms with Crippen LogP contribution in [0.5, 0.6) is 0 Å². The number of aromatic nitrogens is 1. The number of amides is 1. The van der Waals surface area contributed by atoms with Gasteiger partial charge in [0.25, 0.3) is 5.91 Å². The Balaban J connectivity index is 1.71. The number of halogens is 1. The molecule has 2 heterocycles. The van der Waals surface area contributed by atoms with Crippen LogP contribution in [-0.4, -0.2) is 43.6 Å². The molecule has 1 fully saturated rings. The van der Waals surface area contributed by atoms with E-state index in [1.807, 2.05) is 37.3 Å². The van der Waals surface area contributed by atoms with Crippen molar-refractivity contribution < 1.29 is 4.79 Å². The molecule has 0 aliphatic carbocycles. The van der Waals surface area contributed by atoms with Gasteiger partial charge in [-0.15, -0.1) is 0 Å². The zero-order chi connectivity index (χ0) is 16.9. The van der Waals surface area contributed by atoms with Crippen molar-refractivity contribution in [3.8, 4) is 0 Å². The molecule has 0 spiro atoms. The third-order valence-corrected chi connectivity index (χ3v) is 4.39. The van der Waals surface area contributed by atoms with E-state index in [1.54, 1.807) is 12.3 Å². The van der Waals surface area contributed by atoms with E-state index < -0.39 is 0 Å². The van der Waals surface area contributed by atoms with Crippen LogP contribution in [0.25, 0.3) is 0 Å². The van der Waals surface area contributed by atoms with E-state index in [-0.39, 0.29) is 5.91 Å². The van der Waals surface area contributed by atoms with E-state index in [0.29, 0.717) is 12.1 Å². The van der Waals surface area contributed by atoms with Gasteiger partial charge in [0.05, 0.1) is 5.56 Å². The number of hydrogen-bond acceptors (Lipinski definition) is 4. The standard InChI is InChI=1S/C18H21ClN4O/c1-2-20-18(24)16-4-3-9-21-17(16)23-12-10-22(11-13-23)15-7-5-14(19)6-8-15/h3-9H,2,10-13H2,1H3,(H,20,24). The maximum atomic E-state index is 12.2. The number of benzene rings is 1. The second kappa shape index (κ2) is 7.53. The van der Waals surface area contributed by atoms with Crippen LogP contribution < -0.4 is 15.1 Å². The van der Waals surface area contributed by atoms with Crippen LogP contribution in [0.1, 0.15) is 17.3 Å². The average molecular weight is 345 g/mol. The summed E-state index contributed by atoms with van der Waals surface area (Å²) in [5.41, 5.74) is 1.81. The number of rotatable bonds is 4. The first-order valence-electron chi connectivity index (χ1n) is 8.17. The van der Waals surface area contributed by atoms with Crippen molar-refractivity contribution in [2.75, 3.05) is 42.5 Å². The summed E-state index contributed by atoms with van der Waals surface area (Å²) >= 11 is 5.95. The van der Waals surface area contributed by atoms with Gasteiger partial charge in [0, 0.05) is 49.6 Å². The fourth-order valence-corrected chi connectivity index (χ4v) is 3.04. The summed E-state index contributed by atoms with van der Waals surface area (Å²) in [6, 6.07) is 11.5. The van der Waals surface area contributed by atoms with Crippen LogP contribution in [0, 0.1) is 0 Å². The molecule has 5 nitrogen and oxygen atoms in total. The molecule has 24 heavy (non-hydrogen) atoms. The number of anilines is 2. The number of nitrogens with zero attached hydrogens (tertiary/aromatic N) is 3. The molecular weight excluding hydrogens is 324 g/mol. The molecule has 126 valence electrons. The Labute approximate surface area is 147 Å². The first kappa shape index (κ1) is 16.6. The number of carbonyl (C=O) groups excluding carboxylic acids is 1.